The minimum absolute atomic E-state index is 0.00450. The van der Waals surface area contributed by atoms with Crippen molar-refractivity contribution in [1.29, 1.82) is 0 Å². The molecule has 0 aliphatic heterocycles. The van der Waals surface area contributed by atoms with Crippen molar-refractivity contribution in [2.45, 2.75) is 32.0 Å². The first kappa shape index (κ1) is 14.9. The quantitative estimate of drug-likeness (QED) is 0.593. The van der Waals surface area contributed by atoms with Crippen molar-refractivity contribution in [3.63, 3.8) is 0 Å². The molecule has 1 unspecified atom stereocenters. The zero-order valence-electron chi connectivity index (χ0n) is 11.3. The van der Waals surface area contributed by atoms with Gasteiger partial charge in [0.05, 0.1) is 5.75 Å². The van der Waals surface area contributed by atoms with Gasteiger partial charge in [-0.2, -0.15) is 0 Å². The van der Waals surface area contributed by atoms with Crippen LogP contribution in [-0.4, -0.2) is 41.3 Å². The number of aromatic nitrogens is 2. The molecular formula is C12H20N4OS. The number of nitrogens with one attached hydrogen (secondary N) is 2. The van der Waals surface area contributed by atoms with Crippen molar-refractivity contribution < 1.29 is 4.79 Å². The second kappa shape index (κ2) is 7.33. The van der Waals surface area contributed by atoms with Gasteiger partial charge in [0.1, 0.15) is 0 Å². The summed E-state index contributed by atoms with van der Waals surface area (Å²) in [6.45, 7) is 6.49. The summed E-state index contributed by atoms with van der Waals surface area (Å²) in [6.07, 6.45) is 0. The third-order valence-corrected chi connectivity index (χ3v) is 3.24. The molecule has 1 aromatic rings. The Balaban J connectivity index is 2.38. The average molecular weight is 268 g/mol. The Labute approximate surface area is 112 Å². The van der Waals surface area contributed by atoms with Crippen LogP contribution in [0.5, 0.6) is 0 Å². The molecule has 0 aliphatic rings. The van der Waals surface area contributed by atoms with Gasteiger partial charge in [0.15, 0.2) is 5.16 Å². The summed E-state index contributed by atoms with van der Waals surface area (Å²) in [6, 6.07) is 2.19. The predicted octanol–water partition coefficient (Wildman–Crippen LogP) is 0.910. The second-order valence-corrected chi connectivity index (χ2v) is 5.16. The number of hydrogen-bond acceptors (Lipinski definition) is 5. The Morgan fingerprint density at radius 2 is 2.00 bits per heavy atom. The molecule has 0 saturated carbocycles. The Kier molecular flexibility index (Phi) is 6.07. The largest absolute Gasteiger partial charge is 0.354 e. The highest BCUT2D eigenvalue weighted by Gasteiger charge is 2.07. The number of thioether (sulfide) groups is 1. The third kappa shape index (κ3) is 5.46. The smallest absolute Gasteiger partial charge is 0.230 e. The summed E-state index contributed by atoms with van der Waals surface area (Å²) in [5, 5.41) is 6.57. The van der Waals surface area contributed by atoms with Gasteiger partial charge in [0.25, 0.3) is 0 Å². The first-order valence-corrected chi connectivity index (χ1v) is 6.89. The highest BCUT2D eigenvalue weighted by Crippen LogP contribution is 2.13. The average Bonchev–Trinajstić information content (AvgIpc) is 2.32. The van der Waals surface area contributed by atoms with Crippen molar-refractivity contribution in [1.82, 2.24) is 20.6 Å². The van der Waals surface area contributed by atoms with Crippen molar-refractivity contribution in [3.05, 3.63) is 17.5 Å². The van der Waals surface area contributed by atoms with Gasteiger partial charge >= 0.3 is 0 Å². The molecule has 1 amide bonds. The minimum atomic E-state index is 0.00450. The monoisotopic (exact) mass is 268 g/mol. The van der Waals surface area contributed by atoms with E-state index in [4.69, 9.17) is 0 Å². The fourth-order valence-electron chi connectivity index (χ4n) is 1.31. The van der Waals surface area contributed by atoms with Gasteiger partial charge in [-0.25, -0.2) is 9.97 Å². The molecule has 2 N–H and O–H groups in total. The standard InChI is InChI=1S/C12H20N4OS/c1-8-5-9(2)16-12(15-8)18-7-11(17)14-6-10(3)13-4/h5,10,13H,6-7H2,1-4H3,(H,14,17). The van der Waals surface area contributed by atoms with Gasteiger partial charge in [-0.1, -0.05) is 11.8 Å². The van der Waals surface area contributed by atoms with Crippen molar-refractivity contribution >= 4 is 17.7 Å². The van der Waals surface area contributed by atoms with Crippen LogP contribution in [0.4, 0.5) is 0 Å². The highest BCUT2D eigenvalue weighted by molar-refractivity contribution is 7.99. The number of amides is 1. The maximum atomic E-state index is 11.6. The summed E-state index contributed by atoms with van der Waals surface area (Å²) >= 11 is 1.36. The fourth-order valence-corrected chi connectivity index (χ4v) is 2.09. The number of carbonyl (C=O) groups excluding carboxylic acids is 1. The third-order valence-electron chi connectivity index (χ3n) is 2.39. The zero-order chi connectivity index (χ0) is 13.5. The lowest BCUT2D eigenvalue weighted by molar-refractivity contribution is -0.118. The molecule has 100 valence electrons. The number of carbonyl (C=O) groups is 1. The van der Waals surface area contributed by atoms with Gasteiger partial charge in [-0.05, 0) is 33.9 Å². The Morgan fingerprint density at radius 1 is 1.39 bits per heavy atom. The molecule has 5 nitrogen and oxygen atoms in total. The summed E-state index contributed by atoms with van der Waals surface area (Å²) in [5.41, 5.74) is 1.85. The maximum Gasteiger partial charge on any atom is 0.230 e. The van der Waals surface area contributed by atoms with E-state index in [1.54, 1.807) is 0 Å². The molecule has 0 saturated heterocycles. The van der Waals surface area contributed by atoms with Crippen LogP contribution >= 0.6 is 11.8 Å². The number of nitrogens with zero attached hydrogens (tertiary/aromatic N) is 2. The van der Waals surface area contributed by atoms with E-state index in [0.29, 0.717) is 17.5 Å². The van der Waals surface area contributed by atoms with Crippen molar-refractivity contribution in [3.8, 4) is 0 Å². The summed E-state index contributed by atoms with van der Waals surface area (Å²) in [4.78, 5) is 20.1. The van der Waals surface area contributed by atoms with Crippen LogP contribution in [0.3, 0.4) is 0 Å². The number of likely N-dealkylation sites (N-methyl/N-ethyl adjacent to an activating group) is 1. The van der Waals surface area contributed by atoms with Gasteiger partial charge in [-0.3, -0.25) is 4.79 Å². The normalized spacial score (nSPS) is 12.2. The molecule has 0 bridgehead atoms. The molecule has 0 spiro atoms. The van der Waals surface area contributed by atoms with E-state index in [0.717, 1.165) is 11.4 Å². The summed E-state index contributed by atoms with van der Waals surface area (Å²) < 4.78 is 0. The van der Waals surface area contributed by atoms with Crippen LogP contribution in [0, 0.1) is 13.8 Å². The van der Waals surface area contributed by atoms with E-state index in [-0.39, 0.29) is 11.9 Å². The Hall–Kier alpha value is -1.14. The van der Waals surface area contributed by atoms with Crippen LogP contribution < -0.4 is 10.6 Å². The van der Waals surface area contributed by atoms with E-state index in [1.165, 1.54) is 11.8 Å². The lowest BCUT2D eigenvalue weighted by Gasteiger charge is -2.11. The number of rotatable bonds is 6. The Bertz CT molecular complexity index is 391. The second-order valence-electron chi connectivity index (χ2n) is 4.22. The molecule has 0 radical (unpaired) electrons. The van der Waals surface area contributed by atoms with E-state index >= 15 is 0 Å². The molecule has 6 heteroatoms. The molecule has 1 heterocycles. The number of aryl methyl sites for hydroxylation is 2. The topological polar surface area (TPSA) is 66.9 Å². The molecule has 1 aromatic heterocycles. The van der Waals surface area contributed by atoms with Gasteiger partial charge in [-0.15, -0.1) is 0 Å². The molecule has 0 aliphatic carbocycles. The van der Waals surface area contributed by atoms with E-state index in [1.807, 2.05) is 33.9 Å². The van der Waals surface area contributed by atoms with Crippen LogP contribution in [0.15, 0.2) is 11.2 Å². The molecular weight excluding hydrogens is 248 g/mol. The molecule has 0 fully saturated rings. The first-order chi connectivity index (χ1) is 8.51. The van der Waals surface area contributed by atoms with Crippen molar-refractivity contribution in [2.24, 2.45) is 0 Å². The van der Waals surface area contributed by atoms with Crippen LogP contribution in [0.1, 0.15) is 18.3 Å². The molecule has 1 atom stereocenters. The first-order valence-electron chi connectivity index (χ1n) is 5.90. The highest BCUT2D eigenvalue weighted by atomic mass is 32.2. The van der Waals surface area contributed by atoms with Crippen LogP contribution in [0.2, 0.25) is 0 Å². The molecule has 0 aromatic carbocycles. The summed E-state index contributed by atoms with van der Waals surface area (Å²) in [5.74, 6) is 0.351. The van der Waals surface area contributed by atoms with Gasteiger partial charge < -0.3 is 10.6 Å². The summed E-state index contributed by atoms with van der Waals surface area (Å²) in [7, 11) is 1.87. The number of hydrogen-bond donors (Lipinski definition) is 2. The predicted molar refractivity (Wildman–Crippen MR) is 73.8 cm³/mol. The van der Waals surface area contributed by atoms with Crippen molar-refractivity contribution in [2.75, 3.05) is 19.3 Å². The molecule has 1 rings (SSSR count). The lowest BCUT2D eigenvalue weighted by Crippen LogP contribution is -2.37. The van der Waals surface area contributed by atoms with Crippen LogP contribution in [0.25, 0.3) is 0 Å². The fraction of sp³-hybridized carbons (Fsp3) is 0.583. The lowest BCUT2D eigenvalue weighted by atomic mass is 10.3. The minimum Gasteiger partial charge on any atom is -0.354 e. The zero-order valence-corrected chi connectivity index (χ0v) is 12.1. The van der Waals surface area contributed by atoms with E-state index < -0.39 is 0 Å². The Morgan fingerprint density at radius 3 is 2.56 bits per heavy atom. The van der Waals surface area contributed by atoms with Gasteiger partial charge in [0.2, 0.25) is 5.91 Å². The SMILES string of the molecule is CNC(C)CNC(=O)CSc1nc(C)cc(C)n1. The van der Waals surface area contributed by atoms with E-state index in [9.17, 15) is 4.79 Å². The maximum absolute atomic E-state index is 11.6. The molecule has 18 heavy (non-hydrogen) atoms. The van der Waals surface area contributed by atoms with Crippen LogP contribution in [-0.2, 0) is 4.79 Å². The van der Waals surface area contributed by atoms with E-state index in [2.05, 4.69) is 20.6 Å². The van der Waals surface area contributed by atoms with Gasteiger partial charge in [0, 0.05) is 24.0 Å².